The second-order valence-electron chi connectivity index (χ2n) is 5.83. The van der Waals surface area contributed by atoms with Gasteiger partial charge in [0.05, 0.1) is 4.90 Å². The van der Waals surface area contributed by atoms with Crippen LogP contribution in [0.4, 0.5) is 0 Å². The minimum absolute atomic E-state index is 0.0174. The molecule has 0 saturated heterocycles. The van der Waals surface area contributed by atoms with Gasteiger partial charge in [0, 0.05) is 18.4 Å². The quantitative estimate of drug-likeness (QED) is 0.702. The summed E-state index contributed by atoms with van der Waals surface area (Å²) < 4.78 is 15.7. The molecule has 0 aliphatic heterocycles. The maximum Gasteiger partial charge on any atom is 0.137 e. The fourth-order valence-corrected chi connectivity index (χ4v) is 3.77. The van der Waals surface area contributed by atoms with Crippen LogP contribution < -0.4 is 4.72 Å². The highest BCUT2D eigenvalue weighted by atomic mass is 32.2. The zero-order chi connectivity index (χ0) is 16.5. The van der Waals surface area contributed by atoms with Crippen molar-refractivity contribution >= 4 is 16.8 Å². The Balaban J connectivity index is 2.83. The average Bonchev–Trinajstić information content (AvgIpc) is 2.49. The van der Waals surface area contributed by atoms with Crippen LogP contribution in [0.15, 0.2) is 29.2 Å². The van der Waals surface area contributed by atoms with Gasteiger partial charge in [-0.05, 0) is 38.3 Å². The summed E-state index contributed by atoms with van der Waals surface area (Å²) >= 11 is 0. The molecule has 0 spiro atoms. The normalized spacial score (nSPS) is 15.3. The van der Waals surface area contributed by atoms with Crippen molar-refractivity contribution in [1.29, 1.82) is 0 Å². The SMILES string of the molecule is CCCC(=O)[C@@H](CC)[C@H](CCC)NS(=O)c1ccc(C)cc1. The largest absolute Gasteiger partial charge is 0.299 e. The van der Waals surface area contributed by atoms with Crippen LogP contribution in [0.1, 0.15) is 58.4 Å². The van der Waals surface area contributed by atoms with Crippen molar-refractivity contribution in [2.45, 2.75) is 70.7 Å². The Labute approximate surface area is 137 Å². The Morgan fingerprint density at radius 3 is 2.27 bits per heavy atom. The molecule has 1 rings (SSSR count). The highest BCUT2D eigenvalue weighted by Crippen LogP contribution is 2.19. The van der Waals surface area contributed by atoms with Crippen molar-refractivity contribution in [1.82, 2.24) is 4.72 Å². The zero-order valence-corrected chi connectivity index (χ0v) is 15.0. The van der Waals surface area contributed by atoms with Crippen LogP contribution in [0.5, 0.6) is 0 Å². The molecular formula is C18H29NO2S. The molecule has 1 aromatic rings. The van der Waals surface area contributed by atoms with Gasteiger partial charge in [-0.1, -0.05) is 44.9 Å². The number of carbonyl (C=O) groups excluding carboxylic acids is 1. The summed E-state index contributed by atoms with van der Waals surface area (Å²) in [5.74, 6) is 0.242. The Morgan fingerprint density at radius 2 is 1.77 bits per heavy atom. The van der Waals surface area contributed by atoms with Gasteiger partial charge in [0.1, 0.15) is 16.8 Å². The Bertz CT molecular complexity index is 484. The number of rotatable bonds is 10. The highest BCUT2D eigenvalue weighted by Gasteiger charge is 2.26. The van der Waals surface area contributed by atoms with Gasteiger partial charge in [-0.3, -0.25) is 4.79 Å². The van der Waals surface area contributed by atoms with E-state index in [-0.39, 0.29) is 17.7 Å². The average molecular weight is 324 g/mol. The molecule has 22 heavy (non-hydrogen) atoms. The van der Waals surface area contributed by atoms with E-state index in [9.17, 15) is 9.00 Å². The Hall–Kier alpha value is -1.00. The smallest absolute Gasteiger partial charge is 0.137 e. The maximum absolute atomic E-state index is 12.5. The van der Waals surface area contributed by atoms with Crippen LogP contribution in [-0.4, -0.2) is 16.0 Å². The molecule has 0 aliphatic carbocycles. The standard InChI is InChI=1S/C18H29NO2S/c1-5-8-17(16(7-3)18(20)9-6-2)19-22(21)15-12-10-14(4)11-13-15/h10-13,16-17,19H,5-9H2,1-4H3/t16-,17-,22?/m0/s1. The van der Waals surface area contributed by atoms with E-state index in [4.69, 9.17) is 0 Å². The van der Waals surface area contributed by atoms with Gasteiger partial charge in [0.15, 0.2) is 0 Å². The lowest BCUT2D eigenvalue weighted by molar-refractivity contribution is -0.123. The molecule has 0 amide bonds. The van der Waals surface area contributed by atoms with E-state index >= 15 is 0 Å². The molecule has 0 heterocycles. The maximum atomic E-state index is 12.5. The fraction of sp³-hybridized carbons (Fsp3) is 0.611. The second-order valence-corrected chi connectivity index (χ2v) is 7.07. The molecule has 0 aliphatic rings. The molecule has 1 N–H and O–H groups in total. The third-order valence-corrected chi connectivity index (χ3v) is 5.15. The number of Topliss-reactive ketones (excluding diaryl/α,β-unsaturated/α-hetero) is 1. The number of benzene rings is 1. The first-order valence-electron chi connectivity index (χ1n) is 8.30. The minimum atomic E-state index is -1.27. The zero-order valence-electron chi connectivity index (χ0n) is 14.2. The van der Waals surface area contributed by atoms with E-state index in [1.165, 1.54) is 0 Å². The lowest BCUT2D eigenvalue weighted by Gasteiger charge is -2.25. The van der Waals surface area contributed by atoms with Crippen molar-refractivity contribution in [3.05, 3.63) is 29.8 Å². The van der Waals surface area contributed by atoms with Gasteiger partial charge in [0.2, 0.25) is 0 Å². The lowest BCUT2D eigenvalue weighted by Crippen LogP contribution is -2.40. The predicted molar refractivity (Wildman–Crippen MR) is 93.1 cm³/mol. The summed E-state index contributed by atoms with van der Waals surface area (Å²) in [4.78, 5) is 13.1. The molecule has 3 atom stereocenters. The van der Waals surface area contributed by atoms with Gasteiger partial charge >= 0.3 is 0 Å². The van der Waals surface area contributed by atoms with Crippen molar-refractivity contribution < 1.29 is 9.00 Å². The molecular weight excluding hydrogens is 294 g/mol. The third-order valence-electron chi connectivity index (χ3n) is 3.93. The number of nitrogens with one attached hydrogen (secondary N) is 1. The monoisotopic (exact) mass is 323 g/mol. The van der Waals surface area contributed by atoms with E-state index in [2.05, 4.69) is 11.6 Å². The van der Waals surface area contributed by atoms with Crippen LogP contribution in [0, 0.1) is 12.8 Å². The molecule has 0 bridgehead atoms. The topological polar surface area (TPSA) is 46.2 Å². The van der Waals surface area contributed by atoms with Gasteiger partial charge in [-0.15, -0.1) is 0 Å². The Morgan fingerprint density at radius 1 is 1.14 bits per heavy atom. The Kier molecular flexibility index (Phi) is 8.57. The van der Waals surface area contributed by atoms with Crippen LogP contribution in [0.2, 0.25) is 0 Å². The number of ketones is 1. The van der Waals surface area contributed by atoms with Gasteiger partial charge in [0.25, 0.3) is 0 Å². The fourth-order valence-electron chi connectivity index (χ4n) is 2.69. The number of hydrogen-bond donors (Lipinski definition) is 1. The van der Waals surface area contributed by atoms with E-state index in [1.807, 2.05) is 45.0 Å². The predicted octanol–water partition coefficient (Wildman–Crippen LogP) is 4.17. The van der Waals surface area contributed by atoms with Crippen LogP contribution >= 0.6 is 0 Å². The molecule has 0 radical (unpaired) electrons. The first-order valence-corrected chi connectivity index (χ1v) is 9.45. The van der Waals surface area contributed by atoms with E-state index in [1.54, 1.807) is 0 Å². The van der Waals surface area contributed by atoms with E-state index < -0.39 is 11.0 Å². The van der Waals surface area contributed by atoms with Crippen molar-refractivity contribution in [2.75, 3.05) is 0 Å². The van der Waals surface area contributed by atoms with Gasteiger partial charge in [-0.25, -0.2) is 8.93 Å². The summed E-state index contributed by atoms with van der Waals surface area (Å²) in [6.07, 6.45) is 4.11. The summed E-state index contributed by atoms with van der Waals surface area (Å²) in [5.41, 5.74) is 1.15. The summed E-state index contributed by atoms with van der Waals surface area (Å²) in [7, 11) is -1.27. The van der Waals surface area contributed by atoms with E-state index in [0.29, 0.717) is 6.42 Å². The molecule has 3 nitrogen and oxygen atoms in total. The molecule has 1 unspecified atom stereocenters. The third kappa shape index (κ3) is 5.65. The molecule has 1 aromatic carbocycles. The number of carbonyl (C=O) groups is 1. The highest BCUT2D eigenvalue weighted by molar-refractivity contribution is 7.83. The summed E-state index contributed by atoms with van der Waals surface area (Å²) in [6.45, 7) is 8.17. The number of hydrogen-bond acceptors (Lipinski definition) is 2. The first kappa shape index (κ1) is 19.0. The molecule has 0 fully saturated rings. The second kappa shape index (κ2) is 9.90. The van der Waals surface area contributed by atoms with Crippen LogP contribution in [0.25, 0.3) is 0 Å². The minimum Gasteiger partial charge on any atom is -0.299 e. The van der Waals surface area contributed by atoms with Crippen molar-refractivity contribution in [3.8, 4) is 0 Å². The van der Waals surface area contributed by atoms with Crippen molar-refractivity contribution in [3.63, 3.8) is 0 Å². The lowest BCUT2D eigenvalue weighted by atomic mass is 9.88. The first-order chi connectivity index (χ1) is 10.5. The number of aryl methyl sites for hydroxylation is 1. The van der Waals surface area contributed by atoms with Crippen molar-refractivity contribution in [2.24, 2.45) is 5.92 Å². The van der Waals surface area contributed by atoms with Gasteiger partial charge in [-0.2, -0.15) is 0 Å². The molecule has 4 heteroatoms. The molecule has 124 valence electrons. The summed E-state index contributed by atoms with van der Waals surface area (Å²) in [5, 5.41) is 0. The van der Waals surface area contributed by atoms with Crippen LogP contribution in [-0.2, 0) is 15.8 Å². The molecule has 0 saturated carbocycles. The molecule has 0 aromatic heterocycles. The van der Waals surface area contributed by atoms with Crippen LogP contribution in [0.3, 0.4) is 0 Å². The van der Waals surface area contributed by atoms with E-state index in [0.717, 1.165) is 36.1 Å². The van der Waals surface area contributed by atoms with Gasteiger partial charge < -0.3 is 0 Å². The summed E-state index contributed by atoms with van der Waals surface area (Å²) in [6, 6.07) is 7.68.